The van der Waals surface area contributed by atoms with Gasteiger partial charge < -0.3 is 5.73 Å². The van der Waals surface area contributed by atoms with Crippen molar-refractivity contribution in [1.82, 2.24) is 4.31 Å². The molecule has 4 nitrogen and oxygen atoms in total. The van der Waals surface area contributed by atoms with E-state index in [2.05, 4.69) is 0 Å². The standard InChI is InChI=1S/C14H20ClFN2O2S/c1-2-18(12-6-4-11(17)5-7-12)21(19,20)14-8-3-10(15)9-13(14)16/h3,8-9,11-12H,2,4-7,17H2,1H3. The SMILES string of the molecule is CCN(C1CCC(N)CC1)S(=O)(=O)c1ccc(Cl)cc1F. The van der Waals surface area contributed by atoms with Gasteiger partial charge in [0.15, 0.2) is 0 Å². The van der Waals surface area contributed by atoms with Crippen molar-refractivity contribution in [1.29, 1.82) is 0 Å². The van der Waals surface area contributed by atoms with Crippen LogP contribution in [-0.2, 0) is 10.0 Å². The first-order chi connectivity index (χ1) is 9.86. The first kappa shape index (κ1) is 16.7. The first-order valence-electron chi connectivity index (χ1n) is 7.08. The van der Waals surface area contributed by atoms with Crippen LogP contribution >= 0.6 is 11.6 Å². The van der Waals surface area contributed by atoms with E-state index in [-0.39, 0.29) is 22.0 Å². The Bertz CT molecular complexity index is 601. The summed E-state index contributed by atoms with van der Waals surface area (Å²) in [5.41, 5.74) is 5.86. The minimum atomic E-state index is -3.86. The molecule has 1 fully saturated rings. The minimum absolute atomic E-state index is 0.116. The van der Waals surface area contributed by atoms with E-state index < -0.39 is 15.8 Å². The van der Waals surface area contributed by atoms with E-state index in [4.69, 9.17) is 17.3 Å². The lowest BCUT2D eigenvalue weighted by Gasteiger charge is -2.34. The highest BCUT2D eigenvalue weighted by Crippen LogP contribution is 2.29. The highest BCUT2D eigenvalue weighted by molar-refractivity contribution is 7.89. The van der Waals surface area contributed by atoms with Gasteiger partial charge in [0.25, 0.3) is 0 Å². The molecule has 7 heteroatoms. The second-order valence-electron chi connectivity index (χ2n) is 5.35. The largest absolute Gasteiger partial charge is 0.328 e. The van der Waals surface area contributed by atoms with E-state index in [0.717, 1.165) is 18.9 Å². The fourth-order valence-electron chi connectivity index (χ4n) is 2.82. The molecular weight excluding hydrogens is 315 g/mol. The number of hydrogen-bond acceptors (Lipinski definition) is 3. The topological polar surface area (TPSA) is 63.4 Å². The molecule has 0 bridgehead atoms. The van der Waals surface area contributed by atoms with Crippen molar-refractivity contribution in [2.45, 2.75) is 49.6 Å². The normalized spacial score (nSPS) is 23.5. The molecule has 1 aliphatic rings. The van der Waals surface area contributed by atoms with Crippen LogP contribution in [0.1, 0.15) is 32.6 Å². The molecular formula is C14H20ClFN2O2S. The Labute approximate surface area is 130 Å². The lowest BCUT2D eigenvalue weighted by Crippen LogP contribution is -2.44. The second kappa shape index (κ2) is 6.60. The Morgan fingerprint density at radius 2 is 1.95 bits per heavy atom. The maximum Gasteiger partial charge on any atom is 0.246 e. The van der Waals surface area contributed by atoms with Gasteiger partial charge in [-0.3, -0.25) is 0 Å². The van der Waals surface area contributed by atoms with Gasteiger partial charge >= 0.3 is 0 Å². The van der Waals surface area contributed by atoms with Crippen LogP contribution in [-0.4, -0.2) is 31.4 Å². The number of nitrogens with two attached hydrogens (primary N) is 1. The summed E-state index contributed by atoms with van der Waals surface area (Å²) in [6.07, 6.45) is 3.01. The van der Waals surface area contributed by atoms with Gasteiger partial charge in [0, 0.05) is 23.7 Å². The maximum absolute atomic E-state index is 14.0. The molecule has 0 atom stereocenters. The molecule has 2 rings (SSSR count). The number of rotatable bonds is 4. The molecule has 1 aliphatic carbocycles. The number of hydrogen-bond donors (Lipinski definition) is 1. The summed E-state index contributed by atoms with van der Waals surface area (Å²) in [6, 6.07) is 3.66. The summed E-state index contributed by atoms with van der Waals surface area (Å²) >= 11 is 5.68. The van der Waals surface area contributed by atoms with Crippen LogP contribution in [0.4, 0.5) is 4.39 Å². The van der Waals surface area contributed by atoms with Crippen molar-refractivity contribution < 1.29 is 12.8 Å². The number of nitrogens with zero attached hydrogens (tertiary/aromatic N) is 1. The van der Waals surface area contributed by atoms with Crippen LogP contribution in [0.2, 0.25) is 5.02 Å². The summed E-state index contributed by atoms with van der Waals surface area (Å²) in [6.45, 7) is 2.07. The van der Waals surface area contributed by atoms with Crippen LogP contribution in [0.5, 0.6) is 0 Å². The van der Waals surface area contributed by atoms with E-state index in [1.165, 1.54) is 16.4 Å². The number of benzene rings is 1. The molecule has 0 unspecified atom stereocenters. The summed E-state index contributed by atoms with van der Waals surface area (Å²) < 4.78 is 40.7. The minimum Gasteiger partial charge on any atom is -0.328 e. The van der Waals surface area contributed by atoms with Crippen LogP contribution in [0.15, 0.2) is 23.1 Å². The predicted molar refractivity (Wildman–Crippen MR) is 81.2 cm³/mol. The third-order valence-electron chi connectivity index (χ3n) is 3.94. The Kier molecular flexibility index (Phi) is 5.24. The summed E-state index contributed by atoms with van der Waals surface area (Å²) in [5, 5.41) is 0.179. The summed E-state index contributed by atoms with van der Waals surface area (Å²) in [4.78, 5) is -0.316. The average Bonchev–Trinajstić information content (AvgIpc) is 2.41. The number of sulfonamides is 1. The fraction of sp³-hybridized carbons (Fsp3) is 0.571. The van der Waals surface area contributed by atoms with Crippen molar-refractivity contribution in [3.63, 3.8) is 0 Å². The zero-order valence-electron chi connectivity index (χ0n) is 11.9. The van der Waals surface area contributed by atoms with Crippen LogP contribution < -0.4 is 5.73 Å². The predicted octanol–water partition coefficient (Wildman–Crippen LogP) is 2.76. The molecule has 0 heterocycles. The Balaban J connectivity index is 2.31. The molecule has 2 N–H and O–H groups in total. The first-order valence-corrected chi connectivity index (χ1v) is 8.90. The summed E-state index contributed by atoms with van der Waals surface area (Å²) in [7, 11) is -3.86. The highest BCUT2D eigenvalue weighted by atomic mass is 35.5. The molecule has 0 saturated heterocycles. The lowest BCUT2D eigenvalue weighted by atomic mass is 9.92. The molecule has 0 aliphatic heterocycles. The van der Waals surface area contributed by atoms with Crippen LogP contribution in [0.3, 0.4) is 0 Å². The molecule has 0 amide bonds. The van der Waals surface area contributed by atoms with Gasteiger partial charge in [0.05, 0.1) is 0 Å². The van der Waals surface area contributed by atoms with Gasteiger partial charge in [-0.05, 0) is 43.9 Å². The van der Waals surface area contributed by atoms with Crippen molar-refractivity contribution in [2.75, 3.05) is 6.54 Å². The van der Waals surface area contributed by atoms with Gasteiger partial charge in [-0.25, -0.2) is 12.8 Å². The van der Waals surface area contributed by atoms with Crippen molar-refractivity contribution in [3.05, 3.63) is 29.0 Å². The van der Waals surface area contributed by atoms with Crippen molar-refractivity contribution in [3.8, 4) is 0 Å². The zero-order chi connectivity index (χ0) is 15.6. The molecule has 0 spiro atoms. The van der Waals surface area contributed by atoms with E-state index >= 15 is 0 Å². The Morgan fingerprint density at radius 3 is 2.48 bits per heavy atom. The van der Waals surface area contributed by atoms with Crippen LogP contribution in [0, 0.1) is 5.82 Å². The smallest absolute Gasteiger partial charge is 0.246 e. The Morgan fingerprint density at radius 1 is 1.33 bits per heavy atom. The van der Waals surface area contributed by atoms with Crippen molar-refractivity contribution in [2.24, 2.45) is 5.73 Å². The van der Waals surface area contributed by atoms with Gasteiger partial charge in [-0.2, -0.15) is 4.31 Å². The van der Waals surface area contributed by atoms with E-state index in [1.807, 2.05) is 0 Å². The maximum atomic E-state index is 14.0. The number of halogens is 2. The van der Waals surface area contributed by atoms with Gasteiger partial charge in [-0.15, -0.1) is 0 Å². The second-order valence-corrected chi connectivity index (χ2v) is 7.65. The van der Waals surface area contributed by atoms with Crippen molar-refractivity contribution >= 4 is 21.6 Å². The molecule has 0 radical (unpaired) electrons. The summed E-state index contributed by atoms with van der Waals surface area (Å²) in [5.74, 6) is -0.812. The van der Waals surface area contributed by atoms with Gasteiger partial charge in [-0.1, -0.05) is 18.5 Å². The lowest BCUT2D eigenvalue weighted by molar-refractivity contribution is 0.246. The van der Waals surface area contributed by atoms with E-state index in [9.17, 15) is 12.8 Å². The van der Waals surface area contributed by atoms with E-state index in [1.54, 1.807) is 6.92 Å². The average molecular weight is 335 g/mol. The quantitative estimate of drug-likeness (QED) is 0.920. The molecule has 118 valence electrons. The Hall–Kier alpha value is -0.690. The third-order valence-corrected chi connectivity index (χ3v) is 6.24. The molecule has 1 saturated carbocycles. The zero-order valence-corrected chi connectivity index (χ0v) is 13.5. The molecule has 1 aromatic rings. The van der Waals surface area contributed by atoms with Crippen LogP contribution in [0.25, 0.3) is 0 Å². The molecule has 21 heavy (non-hydrogen) atoms. The fourth-order valence-corrected chi connectivity index (χ4v) is 4.72. The van der Waals surface area contributed by atoms with Gasteiger partial charge in [0.2, 0.25) is 10.0 Å². The van der Waals surface area contributed by atoms with Gasteiger partial charge in [0.1, 0.15) is 10.7 Å². The molecule has 1 aromatic carbocycles. The highest BCUT2D eigenvalue weighted by Gasteiger charge is 2.34. The monoisotopic (exact) mass is 334 g/mol. The molecule has 0 aromatic heterocycles. The third kappa shape index (κ3) is 3.56. The van der Waals surface area contributed by atoms with E-state index in [0.29, 0.717) is 19.4 Å².